The Kier molecular flexibility index (Phi) is 72.2. The lowest BCUT2D eigenvalue weighted by molar-refractivity contribution is -0.161. The van der Waals surface area contributed by atoms with Crippen LogP contribution in [-0.2, 0) is 65.4 Å². The highest BCUT2D eigenvalue weighted by molar-refractivity contribution is 7.47. The second-order valence-corrected chi connectivity index (χ2v) is 33.4. The van der Waals surface area contributed by atoms with Gasteiger partial charge in [-0.2, -0.15) is 0 Å². The number of phosphoric ester groups is 2. The van der Waals surface area contributed by atoms with Crippen molar-refractivity contribution in [2.45, 2.75) is 452 Å². The lowest BCUT2D eigenvalue weighted by atomic mass is 10.0. The third kappa shape index (κ3) is 76.1. The molecule has 0 bridgehead atoms. The molecule has 0 fully saturated rings. The first kappa shape index (κ1) is 99.1. The highest BCUT2D eigenvalue weighted by Crippen LogP contribution is 2.45. The largest absolute Gasteiger partial charge is 0.472 e. The van der Waals surface area contributed by atoms with Gasteiger partial charge in [0, 0.05) is 25.7 Å². The van der Waals surface area contributed by atoms with Crippen LogP contribution in [0.25, 0.3) is 0 Å². The van der Waals surface area contributed by atoms with Crippen molar-refractivity contribution in [1.29, 1.82) is 0 Å². The van der Waals surface area contributed by atoms with Gasteiger partial charge in [-0.25, -0.2) is 9.13 Å². The Hall–Kier alpha value is -1.94. The van der Waals surface area contributed by atoms with Crippen LogP contribution in [0.3, 0.4) is 0 Å². The van der Waals surface area contributed by atoms with Gasteiger partial charge in [0.2, 0.25) is 0 Å². The van der Waals surface area contributed by atoms with E-state index < -0.39 is 97.5 Å². The number of phosphoric acid groups is 2. The van der Waals surface area contributed by atoms with Crippen LogP contribution in [0.5, 0.6) is 0 Å². The van der Waals surface area contributed by atoms with Gasteiger partial charge in [-0.3, -0.25) is 37.3 Å². The van der Waals surface area contributed by atoms with E-state index in [1.807, 2.05) is 0 Å². The zero-order valence-corrected chi connectivity index (χ0v) is 68.0. The summed E-state index contributed by atoms with van der Waals surface area (Å²) in [5.74, 6) is -0.513. The minimum atomic E-state index is -4.96. The molecule has 0 aromatic rings. The van der Waals surface area contributed by atoms with Crippen molar-refractivity contribution < 1.29 is 80.2 Å². The molecule has 0 spiro atoms. The van der Waals surface area contributed by atoms with Gasteiger partial charge in [-0.05, 0) is 37.5 Å². The van der Waals surface area contributed by atoms with E-state index in [0.717, 1.165) is 102 Å². The van der Waals surface area contributed by atoms with E-state index in [9.17, 15) is 43.2 Å². The number of aliphatic hydroxyl groups is 1. The Morgan fingerprint density at radius 1 is 0.267 bits per heavy atom. The molecule has 600 valence electrons. The molecule has 0 aliphatic carbocycles. The number of carbonyl (C=O) groups excluding carboxylic acids is 4. The molecule has 5 atom stereocenters. The van der Waals surface area contributed by atoms with Crippen LogP contribution in [-0.4, -0.2) is 96.7 Å². The summed E-state index contributed by atoms with van der Waals surface area (Å²) < 4.78 is 68.8. The first-order valence-corrected chi connectivity index (χ1v) is 45.5. The van der Waals surface area contributed by atoms with E-state index in [1.165, 1.54) is 250 Å². The molecule has 19 heteroatoms. The second kappa shape index (κ2) is 73.6. The van der Waals surface area contributed by atoms with Crippen molar-refractivity contribution >= 4 is 39.5 Å². The van der Waals surface area contributed by atoms with Gasteiger partial charge in [0.25, 0.3) is 0 Å². The molecule has 2 unspecified atom stereocenters. The molecular weight excluding hydrogens is 1320 g/mol. The van der Waals surface area contributed by atoms with Gasteiger partial charge in [0.05, 0.1) is 26.4 Å². The summed E-state index contributed by atoms with van der Waals surface area (Å²) in [5, 5.41) is 10.7. The fraction of sp³-hybridized carbons (Fsp3) is 0.951. The summed E-state index contributed by atoms with van der Waals surface area (Å²) in [7, 11) is -9.92. The predicted molar refractivity (Wildman–Crippen MR) is 414 cm³/mol. The predicted octanol–water partition coefficient (Wildman–Crippen LogP) is 24.7. The van der Waals surface area contributed by atoms with E-state index in [-0.39, 0.29) is 25.7 Å². The highest BCUT2D eigenvalue weighted by Gasteiger charge is 2.30. The summed E-state index contributed by atoms with van der Waals surface area (Å²) in [5.41, 5.74) is 0. The van der Waals surface area contributed by atoms with Crippen molar-refractivity contribution in [1.82, 2.24) is 0 Å². The van der Waals surface area contributed by atoms with Gasteiger partial charge in [-0.15, -0.1) is 0 Å². The van der Waals surface area contributed by atoms with Crippen molar-refractivity contribution in [2.75, 3.05) is 39.6 Å². The van der Waals surface area contributed by atoms with Crippen molar-refractivity contribution in [3.05, 3.63) is 0 Å². The fourth-order valence-electron chi connectivity index (χ4n) is 12.7. The lowest BCUT2D eigenvalue weighted by Crippen LogP contribution is -2.30. The van der Waals surface area contributed by atoms with E-state index in [4.69, 9.17) is 37.0 Å². The number of aliphatic hydroxyl groups excluding tert-OH is 1. The van der Waals surface area contributed by atoms with Crippen molar-refractivity contribution in [2.24, 2.45) is 11.8 Å². The van der Waals surface area contributed by atoms with Crippen molar-refractivity contribution in [3.63, 3.8) is 0 Å². The van der Waals surface area contributed by atoms with Crippen LogP contribution in [0.15, 0.2) is 0 Å². The average molecular weight is 1480 g/mol. The zero-order chi connectivity index (χ0) is 74.2. The Morgan fingerprint density at radius 3 is 0.673 bits per heavy atom. The molecule has 0 radical (unpaired) electrons. The second-order valence-electron chi connectivity index (χ2n) is 30.5. The van der Waals surface area contributed by atoms with Crippen LogP contribution in [0, 0.1) is 11.8 Å². The highest BCUT2D eigenvalue weighted by atomic mass is 31.2. The molecule has 0 rings (SSSR count). The quantitative estimate of drug-likeness (QED) is 0.0222. The third-order valence-corrected chi connectivity index (χ3v) is 21.1. The smallest absolute Gasteiger partial charge is 0.462 e. The van der Waals surface area contributed by atoms with E-state index >= 15 is 0 Å². The topological polar surface area (TPSA) is 237 Å². The maximum atomic E-state index is 13.1. The van der Waals surface area contributed by atoms with E-state index in [1.54, 1.807) is 0 Å². The number of unbranched alkanes of at least 4 members (excludes halogenated alkanes) is 51. The first-order valence-electron chi connectivity index (χ1n) is 42.5. The van der Waals surface area contributed by atoms with Gasteiger partial charge in [-0.1, -0.05) is 382 Å². The third-order valence-electron chi connectivity index (χ3n) is 19.2. The van der Waals surface area contributed by atoms with Gasteiger partial charge in [0.1, 0.15) is 19.3 Å². The van der Waals surface area contributed by atoms with Gasteiger partial charge >= 0.3 is 39.5 Å². The standard InChI is InChI=1S/C82H160O17P2/c1-7-9-11-13-15-17-19-21-24-28-36-42-48-54-60-66-81(86)98-77(70-92-79(84)64-58-52-46-40-34-20-18-16-14-12-10-8-2)72-96-100(88,89)94-68-76(83)69-95-101(90,91)97-73-78(71-93-80(85)65-59-53-47-41-35-31-30-33-39-45-51-57-63-75(5)6)99-82(87)67-61-55-49-43-37-29-26-23-22-25-27-32-38-44-50-56-62-74(3)4/h74-78,83H,7-73H2,1-6H3,(H,88,89)(H,90,91)/t76-,77+,78+/m0/s1. The minimum Gasteiger partial charge on any atom is -0.462 e. The molecule has 17 nitrogen and oxygen atoms in total. The summed E-state index contributed by atoms with van der Waals surface area (Å²) in [6.07, 6.45) is 63.6. The molecule has 0 saturated heterocycles. The zero-order valence-electron chi connectivity index (χ0n) is 66.2. The van der Waals surface area contributed by atoms with E-state index in [2.05, 4.69) is 41.5 Å². The van der Waals surface area contributed by atoms with Crippen LogP contribution >= 0.6 is 15.6 Å². The Morgan fingerprint density at radius 2 is 0.455 bits per heavy atom. The van der Waals surface area contributed by atoms with Crippen LogP contribution in [0.2, 0.25) is 0 Å². The number of ether oxygens (including phenoxy) is 4. The maximum Gasteiger partial charge on any atom is 0.472 e. The van der Waals surface area contributed by atoms with Crippen LogP contribution in [0.1, 0.15) is 433 Å². The van der Waals surface area contributed by atoms with Crippen LogP contribution in [0.4, 0.5) is 0 Å². The normalized spacial score (nSPS) is 13.9. The average Bonchev–Trinajstić information content (AvgIpc) is 0.954. The first-order chi connectivity index (χ1) is 48.9. The SMILES string of the molecule is CCCCCCCCCCCCCCCCCC(=O)O[C@H](COC(=O)CCCCCCCCCCCCCC)COP(=O)(O)OC[C@H](O)COP(=O)(O)OC[C@@H](COC(=O)CCCCCCCCCCCCCCC(C)C)OC(=O)CCCCCCCCCCCCCCCCCCC(C)C. The van der Waals surface area contributed by atoms with Crippen LogP contribution < -0.4 is 0 Å². The van der Waals surface area contributed by atoms with Crippen molar-refractivity contribution in [3.8, 4) is 0 Å². The summed E-state index contributed by atoms with van der Waals surface area (Å²) in [6, 6.07) is 0. The maximum absolute atomic E-state index is 13.1. The molecular formula is C82H160O17P2. The Balaban J connectivity index is 5.26. The summed E-state index contributed by atoms with van der Waals surface area (Å²) in [4.78, 5) is 73.1. The molecule has 3 N–H and O–H groups in total. The Bertz CT molecular complexity index is 1940. The monoisotopic (exact) mass is 1480 g/mol. The van der Waals surface area contributed by atoms with Gasteiger partial charge < -0.3 is 33.8 Å². The molecule has 0 aromatic heterocycles. The molecule has 101 heavy (non-hydrogen) atoms. The Labute approximate surface area is 619 Å². The molecule has 0 heterocycles. The number of hydrogen-bond acceptors (Lipinski definition) is 15. The number of esters is 4. The fourth-order valence-corrected chi connectivity index (χ4v) is 14.3. The number of hydrogen-bond donors (Lipinski definition) is 3. The molecule has 0 saturated carbocycles. The van der Waals surface area contributed by atoms with E-state index in [0.29, 0.717) is 25.7 Å². The molecule has 0 aliphatic heterocycles. The lowest BCUT2D eigenvalue weighted by Gasteiger charge is -2.21. The molecule has 0 aliphatic rings. The summed E-state index contributed by atoms with van der Waals surface area (Å²) >= 11 is 0. The molecule has 0 aromatic carbocycles. The molecule has 0 amide bonds. The minimum absolute atomic E-state index is 0.108. The number of carbonyl (C=O) groups is 4. The van der Waals surface area contributed by atoms with Gasteiger partial charge in [0.15, 0.2) is 12.2 Å². The summed E-state index contributed by atoms with van der Waals surface area (Å²) in [6.45, 7) is 9.69. The number of rotatable bonds is 81.